The highest BCUT2D eigenvalue weighted by atomic mass is 35.5. The molecule has 10 heteroatoms. The summed E-state index contributed by atoms with van der Waals surface area (Å²) in [6.45, 7) is 0. The zero-order valence-electron chi connectivity index (χ0n) is 17.5. The number of pyridine rings is 1. The van der Waals surface area contributed by atoms with Gasteiger partial charge in [-0.1, -0.05) is 41.1 Å². The van der Waals surface area contributed by atoms with Gasteiger partial charge in [0.1, 0.15) is 17.3 Å². The highest BCUT2D eigenvalue weighted by Crippen LogP contribution is 2.45. The van der Waals surface area contributed by atoms with Crippen molar-refractivity contribution in [2.75, 3.05) is 12.0 Å². The summed E-state index contributed by atoms with van der Waals surface area (Å²) in [7, 11) is 1.44. The van der Waals surface area contributed by atoms with Crippen molar-refractivity contribution in [1.29, 1.82) is 0 Å². The van der Waals surface area contributed by atoms with Crippen LogP contribution in [-0.2, 0) is 9.59 Å². The van der Waals surface area contributed by atoms with Crippen LogP contribution in [0.1, 0.15) is 17.2 Å². The van der Waals surface area contributed by atoms with Crippen LogP contribution >= 0.6 is 22.9 Å². The summed E-state index contributed by atoms with van der Waals surface area (Å²) in [6.07, 6.45) is 3.06. The molecule has 2 aromatic heterocycles. The SMILES string of the molecule is COc1ccccc1/C(O)=C1\C(=O)C(=O)N(c2nc3cc(Cl)c(F)cc3s2)C1c1cccnc1. The van der Waals surface area contributed by atoms with Crippen molar-refractivity contribution >= 4 is 55.7 Å². The van der Waals surface area contributed by atoms with Crippen LogP contribution in [0.15, 0.2) is 66.5 Å². The van der Waals surface area contributed by atoms with E-state index in [0.29, 0.717) is 21.5 Å². The van der Waals surface area contributed by atoms with Crippen LogP contribution in [0.4, 0.5) is 9.52 Å². The monoisotopic (exact) mass is 495 g/mol. The van der Waals surface area contributed by atoms with E-state index in [1.54, 1.807) is 42.6 Å². The minimum Gasteiger partial charge on any atom is -0.507 e. The van der Waals surface area contributed by atoms with Gasteiger partial charge in [0.05, 0.1) is 39.5 Å². The van der Waals surface area contributed by atoms with E-state index in [4.69, 9.17) is 16.3 Å². The van der Waals surface area contributed by atoms with E-state index >= 15 is 0 Å². The van der Waals surface area contributed by atoms with Gasteiger partial charge in [0.15, 0.2) is 5.13 Å². The number of amides is 1. The average Bonchev–Trinajstić information content (AvgIpc) is 3.37. The van der Waals surface area contributed by atoms with Gasteiger partial charge in [0.2, 0.25) is 0 Å². The van der Waals surface area contributed by atoms with Gasteiger partial charge < -0.3 is 9.84 Å². The Balaban J connectivity index is 1.74. The summed E-state index contributed by atoms with van der Waals surface area (Å²) < 4.78 is 19.8. The number of aliphatic hydroxyl groups excluding tert-OH is 1. The topological polar surface area (TPSA) is 92.6 Å². The number of anilines is 1. The summed E-state index contributed by atoms with van der Waals surface area (Å²) in [5.41, 5.74) is 0.991. The van der Waals surface area contributed by atoms with Crippen LogP contribution < -0.4 is 9.64 Å². The largest absolute Gasteiger partial charge is 0.507 e. The van der Waals surface area contributed by atoms with Crippen LogP contribution in [0, 0.1) is 5.82 Å². The molecule has 5 rings (SSSR count). The van der Waals surface area contributed by atoms with Crippen LogP contribution in [-0.4, -0.2) is 33.9 Å². The zero-order valence-corrected chi connectivity index (χ0v) is 19.1. The predicted molar refractivity (Wildman–Crippen MR) is 127 cm³/mol. The molecule has 1 saturated heterocycles. The second kappa shape index (κ2) is 8.51. The van der Waals surface area contributed by atoms with Crippen molar-refractivity contribution in [1.82, 2.24) is 9.97 Å². The molecule has 0 saturated carbocycles. The maximum absolute atomic E-state index is 14.0. The van der Waals surface area contributed by atoms with Gasteiger partial charge >= 0.3 is 5.91 Å². The minimum absolute atomic E-state index is 0.105. The molecule has 4 aromatic rings. The van der Waals surface area contributed by atoms with E-state index in [1.165, 1.54) is 30.3 Å². The molecule has 1 fully saturated rings. The number of methoxy groups -OCH3 is 1. The second-order valence-corrected chi connectivity index (χ2v) is 8.80. The van der Waals surface area contributed by atoms with Gasteiger partial charge in [-0.3, -0.25) is 19.5 Å². The molecule has 3 heterocycles. The number of para-hydroxylation sites is 1. The van der Waals surface area contributed by atoms with Crippen molar-refractivity contribution in [3.8, 4) is 5.75 Å². The molecule has 1 amide bonds. The second-order valence-electron chi connectivity index (χ2n) is 7.39. The number of aliphatic hydroxyl groups is 1. The smallest absolute Gasteiger partial charge is 0.301 e. The molecule has 1 unspecified atom stereocenters. The van der Waals surface area contributed by atoms with E-state index in [2.05, 4.69) is 9.97 Å². The van der Waals surface area contributed by atoms with Crippen molar-refractivity contribution in [3.05, 3.63) is 88.5 Å². The molecule has 1 aliphatic rings. The fraction of sp³-hybridized carbons (Fsp3) is 0.0833. The standard InChI is InChI=1S/C24H15ClFN3O4S/c1-33-17-7-3-2-6-13(17)21(30)19-20(12-5-4-8-27-11-12)29(23(32)22(19)31)24-28-16-9-14(25)15(26)10-18(16)34-24/h2-11,20,30H,1H3/b21-19+. The number of nitrogens with zero attached hydrogens (tertiary/aromatic N) is 3. The normalized spacial score (nSPS) is 17.5. The Morgan fingerprint density at radius 2 is 2.00 bits per heavy atom. The first-order valence-electron chi connectivity index (χ1n) is 10.0. The molecule has 0 aliphatic carbocycles. The highest BCUT2D eigenvalue weighted by molar-refractivity contribution is 7.22. The maximum atomic E-state index is 14.0. The molecule has 1 atom stereocenters. The van der Waals surface area contributed by atoms with Gasteiger partial charge in [-0.15, -0.1) is 0 Å². The van der Waals surface area contributed by atoms with E-state index in [9.17, 15) is 19.1 Å². The van der Waals surface area contributed by atoms with Gasteiger partial charge in [-0.25, -0.2) is 9.37 Å². The number of carbonyl (C=O) groups is 2. The first-order valence-corrected chi connectivity index (χ1v) is 11.2. The number of rotatable bonds is 4. The molecular weight excluding hydrogens is 481 g/mol. The Morgan fingerprint density at radius 3 is 2.74 bits per heavy atom. The summed E-state index contributed by atoms with van der Waals surface area (Å²) in [4.78, 5) is 36.2. The molecule has 170 valence electrons. The lowest BCUT2D eigenvalue weighted by atomic mass is 9.96. The molecule has 1 aliphatic heterocycles. The summed E-state index contributed by atoms with van der Waals surface area (Å²) in [5.74, 6) is -2.44. The van der Waals surface area contributed by atoms with Crippen LogP contribution in [0.5, 0.6) is 5.75 Å². The van der Waals surface area contributed by atoms with Crippen molar-refractivity contribution < 1.29 is 23.8 Å². The lowest BCUT2D eigenvalue weighted by Crippen LogP contribution is -2.29. The minimum atomic E-state index is -1.01. The first-order chi connectivity index (χ1) is 16.4. The molecule has 1 N–H and O–H groups in total. The van der Waals surface area contributed by atoms with Crippen LogP contribution in [0.3, 0.4) is 0 Å². The Hall–Kier alpha value is -3.82. The van der Waals surface area contributed by atoms with Crippen molar-refractivity contribution in [3.63, 3.8) is 0 Å². The number of hydrogen-bond acceptors (Lipinski definition) is 7. The summed E-state index contributed by atoms with van der Waals surface area (Å²) >= 11 is 6.92. The Bertz CT molecular complexity index is 1450. The lowest BCUT2D eigenvalue weighted by Gasteiger charge is -2.22. The number of halogens is 2. The highest BCUT2D eigenvalue weighted by Gasteiger charge is 2.48. The fourth-order valence-electron chi connectivity index (χ4n) is 3.88. The van der Waals surface area contributed by atoms with Crippen molar-refractivity contribution in [2.24, 2.45) is 0 Å². The molecule has 7 nitrogen and oxygen atoms in total. The predicted octanol–water partition coefficient (Wildman–Crippen LogP) is 5.12. The first kappa shape index (κ1) is 22.0. The fourth-order valence-corrected chi connectivity index (χ4v) is 5.04. The molecule has 0 spiro atoms. The number of benzene rings is 2. The number of aromatic nitrogens is 2. The Morgan fingerprint density at radius 1 is 1.21 bits per heavy atom. The average molecular weight is 496 g/mol. The number of fused-ring (bicyclic) bond motifs is 1. The quantitative estimate of drug-likeness (QED) is 0.240. The maximum Gasteiger partial charge on any atom is 0.301 e. The third-order valence-corrected chi connectivity index (χ3v) is 6.74. The van der Waals surface area contributed by atoms with Gasteiger partial charge in [-0.05, 0) is 35.9 Å². The van der Waals surface area contributed by atoms with Gasteiger partial charge in [0, 0.05) is 12.4 Å². The molecule has 34 heavy (non-hydrogen) atoms. The van der Waals surface area contributed by atoms with Crippen molar-refractivity contribution in [2.45, 2.75) is 6.04 Å². The number of carbonyl (C=O) groups excluding carboxylic acids is 2. The molecule has 0 radical (unpaired) electrons. The van der Waals surface area contributed by atoms with Gasteiger partial charge in [0.25, 0.3) is 5.78 Å². The molecule has 2 aromatic carbocycles. The van der Waals surface area contributed by atoms with Gasteiger partial charge in [-0.2, -0.15) is 0 Å². The third kappa shape index (κ3) is 3.49. The number of thiazole rings is 1. The number of hydrogen-bond donors (Lipinski definition) is 1. The lowest BCUT2D eigenvalue weighted by molar-refractivity contribution is -0.132. The Labute approximate surface area is 201 Å². The summed E-state index contributed by atoms with van der Waals surface area (Å²) in [6, 6.07) is 11.5. The van der Waals surface area contributed by atoms with E-state index in [-0.39, 0.29) is 27.0 Å². The van der Waals surface area contributed by atoms with E-state index in [0.717, 1.165) is 11.3 Å². The molecular formula is C24H15ClFN3O4S. The third-order valence-electron chi connectivity index (χ3n) is 5.43. The number of ketones is 1. The summed E-state index contributed by atoms with van der Waals surface area (Å²) in [5, 5.41) is 11.3. The number of ether oxygens (including phenoxy) is 1. The van der Waals surface area contributed by atoms with E-state index in [1.807, 2.05) is 0 Å². The zero-order chi connectivity index (χ0) is 24.0. The Kier molecular flexibility index (Phi) is 5.51. The molecule has 0 bridgehead atoms. The van der Waals surface area contributed by atoms with E-state index < -0.39 is 23.5 Å². The van der Waals surface area contributed by atoms with Crippen LogP contribution in [0.2, 0.25) is 5.02 Å². The number of Topliss-reactive ketones (excluding diaryl/α,β-unsaturated/α-hetero) is 1. The van der Waals surface area contributed by atoms with Crippen LogP contribution in [0.25, 0.3) is 16.0 Å².